The summed E-state index contributed by atoms with van der Waals surface area (Å²) in [7, 11) is 3.33. The molecule has 0 aromatic carbocycles. The number of carbonyl (C=O) groups is 2. The number of rotatable bonds is 8. The Bertz CT molecular complexity index is 598. The molecule has 0 spiro atoms. The van der Waals surface area contributed by atoms with E-state index >= 15 is 0 Å². The molecule has 0 aromatic heterocycles. The van der Waals surface area contributed by atoms with Crippen LogP contribution in [0.3, 0.4) is 0 Å². The van der Waals surface area contributed by atoms with E-state index in [0.29, 0.717) is 26.1 Å². The SMILES string of the molecule is CCOC(=O)C1(C(=O)OCC)CC2=C(C)C(COC)=C(COC)CC2C1. The number of esters is 2. The van der Waals surface area contributed by atoms with Gasteiger partial charge in [-0.15, -0.1) is 0 Å². The molecule has 2 aliphatic rings. The van der Waals surface area contributed by atoms with Gasteiger partial charge in [-0.05, 0) is 62.7 Å². The van der Waals surface area contributed by atoms with Crippen molar-refractivity contribution in [2.45, 2.75) is 40.0 Å². The lowest BCUT2D eigenvalue weighted by molar-refractivity contribution is -0.171. The summed E-state index contributed by atoms with van der Waals surface area (Å²) >= 11 is 0. The standard InChI is InChI=1S/C20H30O6/c1-6-25-18(21)20(19(22)26-7-2)9-14-8-15(11-23-4)17(12-24-5)13(3)16(14)10-20/h14H,6-12H2,1-5H3. The largest absolute Gasteiger partial charge is 0.465 e. The molecular weight excluding hydrogens is 336 g/mol. The minimum atomic E-state index is -1.24. The Morgan fingerprint density at radius 3 is 2.12 bits per heavy atom. The Morgan fingerprint density at radius 2 is 1.62 bits per heavy atom. The first-order valence-corrected chi connectivity index (χ1v) is 9.18. The Hall–Kier alpha value is -1.66. The van der Waals surface area contributed by atoms with E-state index in [9.17, 15) is 9.59 Å². The van der Waals surface area contributed by atoms with Gasteiger partial charge < -0.3 is 18.9 Å². The van der Waals surface area contributed by atoms with Crippen molar-refractivity contribution in [2.75, 3.05) is 40.6 Å². The highest BCUT2D eigenvalue weighted by Crippen LogP contribution is 2.53. The summed E-state index contributed by atoms with van der Waals surface area (Å²) in [6.07, 6.45) is 1.54. The molecule has 0 aromatic rings. The minimum absolute atomic E-state index is 0.120. The van der Waals surface area contributed by atoms with Crippen LogP contribution >= 0.6 is 0 Å². The summed E-state index contributed by atoms with van der Waals surface area (Å²) in [6.45, 7) is 7.03. The van der Waals surface area contributed by atoms with Crippen LogP contribution in [0, 0.1) is 11.3 Å². The first kappa shape index (κ1) is 20.6. The number of hydrogen-bond acceptors (Lipinski definition) is 6. The van der Waals surface area contributed by atoms with Gasteiger partial charge in [-0.2, -0.15) is 0 Å². The fourth-order valence-corrected chi connectivity index (χ4v) is 4.21. The van der Waals surface area contributed by atoms with E-state index in [0.717, 1.165) is 23.1 Å². The molecule has 26 heavy (non-hydrogen) atoms. The fourth-order valence-electron chi connectivity index (χ4n) is 4.21. The second-order valence-electron chi connectivity index (χ2n) is 6.90. The maximum atomic E-state index is 12.7. The van der Waals surface area contributed by atoms with Crippen molar-refractivity contribution < 1.29 is 28.5 Å². The van der Waals surface area contributed by atoms with Crippen LogP contribution in [0.1, 0.15) is 40.0 Å². The highest BCUT2D eigenvalue weighted by atomic mass is 16.6. The van der Waals surface area contributed by atoms with E-state index in [-0.39, 0.29) is 19.1 Å². The lowest BCUT2D eigenvalue weighted by atomic mass is 9.81. The van der Waals surface area contributed by atoms with Crippen LogP contribution in [0.5, 0.6) is 0 Å². The maximum Gasteiger partial charge on any atom is 0.323 e. The predicted molar refractivity (Wildman–Crippen MR) is 96.5 cm³/mol. The van der Waals surface area contributed by atoms with Crippen LogP contribution in [0.2, 0.25) is 0 Å². The topological polar surface area (TPSA) is 71.1 Å². The van der Waals surface area contributed by atoms with Gasteiger partial charge in [-0.3, -0.25) is 9.59 Å². The number of hydrogen-bond donors (Lipinski definition) is 0. The molecule has 146 valence electrons. The minimum Gasteiger partial charge on any atom is -0.465 e. The van der Waals surface area contributed by atoms with Crippen molar-refractivity contribution in [1.29, 1.82) is 0 Å². The Labute approximate surface area is 155 Å². The first-order chi connectivity index (χ1) is 12.4. The van der Waals surface area contributed by atoms with Crippen molar-refractivity contribution in [1.82, 2.24) is 0 Å². The van der Waals surface area contributed by atoms with E-state index in [4.69, 9.17) is 18.9 Å². The van der Waals surface area contributed by atoms with Crippen LogP contribution in [-0.2, 0) is 28.5 Å². The second-order valence-corrected chi connectivity index (χ2v) is 6.90. The average Bonchev–Trinajstić information content (AvgIpc) is 3.00. The zero-order chi connectivity index (χ0) is 19.3. The van der Waals surface area contributed by atoms with Crippen LogP contribution in [0.25, 0.3) is 0 Å². The third-order valence-electron chi connectivity index (χ3n) is 5.37. The Kier molecular flexibility index (Phi) is 7.01. The van der Waals surface area contributed by atoms with Gasteiger partial charge in [0.25, 0.3) is 0 Å². The summed E-state index contributed by atoms with van der Waals surface area (Å²) in [6, 6.07) is 0. The zero-order valence-corrected chi connectivity index (χ0v) is 16.5. The average molecular weight is 366 g/mol. The normalized spacial score (nSPS) is 21.7. The maximum absolute atomic E-state index is 12.7. The van der Waals surface area contributed by atoms with Gasteiger partial charge in [-0.1, -0.05) is 5.57 Å². The van der Waals surface area contributed by atoms with Crippen LogP contribution < -0.4 is 0 Å². The van der Waals surface area contributed by atoms with Crippen molar-refractivity contribution in [3.8, 4) is 0 Å². The molecule has 0 N–H and O–H groups in total. The lowest BCUT2D eigenvalue weighted by Crippen LogP contribution is -2.40. The molecule has 1 fully saturated rings. The van der Waals surface area contributed by atoms with Crippen molar-refractivity contribution in [2.24, 2.45) is 11.3 Å². The van der Waals surface area contributed by atoms with Gasteiger partial charge >= 0.3 is 11.9 Å². The Balaban J connectivity index is 2.42. The van der Waals surface area contributed by atoms with Gasteiger partial charge in [0.1, 0.15) is 0 Å². The molecule has 0 aliphatic heterocycles. The van der Waals surface area contributed by atoms with Gasteiger partial charge in [0.2, 0.25) is 0 Å². The molecule has 1 saturated carbocycles. The third-order valence-corrected chi connectivity index (χ3v) is 5.37. The molecule has 0 amide bonds. The quantitative estimate of drug-likeness (QED) is 0.486. The molecule has 0 bridgehead atoms. The number of allylic oxidation sites excluding steroid dienone is 1. The monoisotopic (exact) mass is 366 g/mol. The molecule has 2 aliphatic carbocycles. The van der Waals surface area contributed by atoms with Crippen molar-refractivity contribution >= 4 is 11.9 Å². The molecule has 6 heteroatoms. The Morgan fingerprint density at radius 1 is 1.04 bits per heavy atom. The third kappa shape index (κ3) is 3.71. The fraction of sp³-hybridized carbons (Fsp3) is 0.700. The molecule has 1 atom stereocenters. The second kappa shape index (κ2) is 8.82. The van der Waals surface area contributed by atoms with E-state index in [1.165, 1.54) is 5.57 Å². The van der Waals surface area contributed by atoms with E-state index in [1.807, 2.05) is 6.92 Å². The highest BCUT2D eigenvalue weighted by Gasteiger charge is 2.56. The predicted octanol–water partition coefficient (Wildman–Crippen LogP) is 2.82. The smallest absolute Gasteiger partial charge is 0.323 e. The number of methoxy groups -OCH3 is 2. The number of carbonyl (C=O) groups excluding carboxylic acids is 2. The first-order valence-electron chi connectivity index (χ1n) is 9.18. The van der Waals surface area contributed by atoms with Gasteiger partial charge in [0.05, 0.1) is 26.4 Å². The molecular formula is C20H30O6. The van der Waals surface area contributed by atoms with Crippen LogP contribution in [0.4, 0.5) is 0 Å². The highest BCUT2D eigenvalue weighted by molar-refractivity contribution is 6.01. The molecule has 0 radical (unpaired) electrons. The molecule has 6 nitrogen and oxygen atoms in total. The molecule has 0 saturated heterocycles. The molecule has 0 heterocycles. The van der Waals surface area contributed by atoms with Crippen molar-refractivity contribution in [3.05, 3.63) is 22.3 Å². The zero-order valence-electron chi connectivity index (χ0n) is 16.5. The summed E-state index contributed by atoms with van der Waals surface area (Å²) in [5.74, 6) is -0.834. The van der Waals surface area contributed by atoms with Gasteiger partial charge in [0, 0.05) is 14.2 Å². The number of ether oxygens (including phenoxy) is 4. The van der Waals surface area contributed by atoms with E-state index in [2.05, 4.69) is 0 Å². The number of fused-ring (bicyclic) bond motifs is 1. The summed E-state index contributed by atoms with van der Waals surface area (Å²) in [5.41, 5.74) is 3.28. The molecule has 2 rings (SSSR count). The van der Waals surface area contributed by atoms with E-state index < -0.39 is 17.4 Å². The van der Waals surface area contributed by atoms with Gasteiger partial charge in [0.15, 0.2) is 5.41 Å². The lowest BCUT2D eigenvalue weighted by Gasteiger charge is -2.27. The van der Waals surface area contributed by atoms with Crippen LogP contribution in [0.15, 0.2) is 22.3 Å². The van der Waals surface area contributed by atoms with Crippen molar-refractivity contribution in [3.63, 3.8) is 0 Å². The summed E-state index contributed by atoms with van der Waals surface area (Å²) in [5, 5.41) is 0. The summed E-state index contributed by atoms with van der Waals surface area (Å²) < 4.78 is 21.3. The van der Waals surface area contributed by atoms with Gasteiger partial charge in [-0.25, -0.2) is 0 Å². The molecule has 1 unspecified atom stereocenters. The van der Waals surface area contributed by atoms with E-state index in [1.54, 1.807) is 28.1 Å². The summed E-state index contributed by atoms with van der Waals surface area (Å²) in [4.78, 5) is 25.5. The van der Waals surface area contributed by atoms with Crippen LogP contribution in [-0.4, -0.2) is 52.6 Å².